The molecule has 1 atom stereocenters. The van der Waals surface area contributed by atoms with E-state index in [4.69, 9.17) is 0 Å². The molecule has 2 saturated heterocycles. The summed E-state index contributed by atoms with van der Waals surface area (Å²) in [5.74, 6) is -1.36. The normalized spacial score (nSPS) is 18.7. The minimum Gasteiger partial charge on any atom is -0.508 e. The molecular weight excluding hydrogens is 619 g/mol. The molecule has 250 valence electrons. The average Bonchev–Trinajstić information content (AvgIpc) is 3.42. The molecule has 7 rings (SSSR count). The van der Waals surface area contributed by atoms with Gasteiger partial charge in [0.2, 0.25) is 11.8 Å². The number of hydrogen-bond donors (Lipinski definition) is 2. The maximum atomic E-state index is 15.3. The number of piperazine rings is 1. The second-order valence-corrected chi connectivity index (χ2v) is 12.9. The lowest BCUT2D eigenvalue weighted by Crippen LogP contribution is -2.52. The SMILES string of the molecule is CCC(=C(c1ccc(O)cc1)c1ccc(N2CCN(Cc3cc4c(cc3F)C(=O)N(C3CCC(=O)NC3=O)C4)CC2)cc1)c1ccccc1. The van der Waals surface area contributed by atoms with Crippen molar-refractivity contribution in [2.24, 2.45) is 0 Å². The van der Waals surface area contributed by atoms with Crippen LogP contribution in [0, 0.1) is 5.82 Å². The van der Waals surface area contributed by atoms with Gasteiger partial charge in [-0.3, -0.25) is 24.6 Å². The van der Waals surface area contributed by atoms with Gasteiger partial charge in [0.1, 0.15) is 17.6 Å². The van der Waals surface area contributed by atoms with E-state index in [-0.39, 0.29) is 42.5 Å². The number of amides is 3. The second-order valence-electron chi connectivity index (χ2n) is 12.9. The fourth-order valence-electron chi connectivity index (χ4n) is 7.31. The summed E-state index contributed by atoms with van der Waals surface area (Å²) in [6.45, 7) is 5.92. The first kappa shape index (κ1) is 32.3. The largest absolute Gasteiger partial charge is 0.508 e. The van der Waals surface area contributed by atoms with Crippen LogP contribution in [0.15, 0.2) is 91.0 Å². The smallest absolute Gasteiger partial charge is 0.255 e. The third kappa shape index (κ3) is 6.58. The number of nitrogens with one attached hydrogen (secondary N) is 1. The van der Waals surface area contributed by atoms with Crippen molar-refractivity contribution in [1.82, 2.24) is 15.1 Å². The number of fused-ring (bicyclic) bond motifs is 1. The van der Waals surface area contributed by atoms with E-state index in [2.05, 4.69) is 70.6 Å². The summed E-state index contributed by atoms with van der Waals surface area (Å²) in [5.41, 5.74) is 8.37. The molecular formula is C40H39FN4O4. The highest BCUT2D eigenvalue weighted by Crippen LogP contribution is 2.36. The van der Waals surface area contributed by atoms with E-state index < -0.39 is 17.8 Å². The number of rotatable bonds is 8. The van der Waals surface area contributed by atoms with Crippen LogP contribution in [-0.2, 0) is 22.7 Å². The van der Waals surface area contributed by atoms with Crippen LogP contribution in [0.5, 0.6) is 5.75 Å². The Balaban J connectivity index is 1.03. The van der Waals surface area contributed by atoms with Crippen molar-refractivity contribution in [2.45, 2.75) is 45.3 Å². The van der Waals surface area contributed by atoms with Crippen LogP contribution in [0.25, 0.3) is 11.1 Å². The van der Waals surface area contributed by atoms with Gasteiger partial charge in [-0.05, 0) is 82.6 Å². The van der Waals surface area contributed by atoms with Gasteiger partial charge in [-0.15, -0.1) is 0 Å². The molecule has 3 aliphatic rings. The predicted molar refractivity (Wildman–Crippen MR) is 187 cm³/mol. The standard InChI is InChI=1S/C40H39FN4O4/c1-2-33(26-6-4-3-5-7-26)38(28-10-14-32(46)15-11-28)27-8-12-31(13-9-27)44-20-18-43(19-21-44)24-30-22-29-25-45(40(49)34(29)23-35(30)41)36-16-17-37(47)42-39(36)48/h3-15,22-23,36,46H,2,16-21,24-25H2,1H3,(H,42,47,48). The minimum atomic E-state index is -0.723. The van der Waals surface area contributed by atoms with Crippen molar-refractivity contribution in [3.8, 4) is 5.75 Å². The lowest BCUT2D eigenvalue weighted by molar-refractivity contribution is -0.136. The fourth-order valence-corrected chi connectivity index (χ4v) is 7.31. The number of anilines is 1. The molecule has 3 aliphatic heterocycles. The van der Waals surface area contributed by atoms with Gasteiger partial charge in [0, 0.05) is 62.5 Å². The number of nitrogens with zero attached hydrogens (tertiary/aromatic N) is 3. The summed E-state index contributed by atoms with van der Waals surface area (Å²) >= 11 is 0. The molecule has 0 saturated carbocycles. The van der Waals surface area contributed by atoms with E-state index in [0.717, 1.165) is 55.0 Å². The Labute approximate surface area is 285 Å². The van der Waals surface area contributed by atoms with Crippen LogP contribution in [0.2, 0.25) is 0 Å². The van der Waals surface area contributed by atoms with Crippen molar-refractivity contribution < 1.29 is 23.9 Å². The highest BCUT2D eigenvalue weighted by atomic mass is 19.1. The average molecular weight is 659 g/mol. The summed E-state index contributed by atoms with van der Waals surface area (Å²) in [6.07, 6.45) is 1.30. The molecule has 8 nitrogen and oxygen atoms in total. The number of imide groups is 1. The second kappa shape index (κ2) is 13.7. The van der Waals surface area contributed by atoms with Gasteiger partial charge in [0.15, 0.2) is 0 Å². The number of hydrogen-bond acceptors (Lipinski definition) is 6. The summed E-state index contributed by atoms with van der Waals surface area (Å²) in [7, 11) is 0. The highest BCUT2D eigenvalue weighted by Gasteiger charge is 2.39. The Hall–Kier alpha value is -5.28. The number of benzene rings is 4. The van der Waals surface area contributed by atoms with Crippen LogP contribution in [0.3, 0.4) is 0 Å². The zero-order chi connectivity index (χ0) is 34.1. The van der Waals surface area contributed by atoms with E-state index in [0.29, 0.717) is 17.7 Å². The summed E-state index contributed by atoms with van der Waals surface area (Å²) < 4.78 is 15.3. The Morgan fingerprint density at radius 2 is 1.53 bits per heavy atom. The lowest BCUT2D eigenvalue weighted by atomic mass is 9.88. The first-order valence-electron chi connectivity index (χ1n) is 16.9. The van der Waals surface area contributed by atoms with Crippen molar-refractivity contribution in [3.05, 3.63) is 130 Å². The summed E-state index contributed by atoms with van der Waals surface area (Å²) in [4.78, 5) is 43.1. The van der Waals surface area contributed by atoms with Gasteiger partial charge in [0.25, 0.3) is 5.91 Å². The lowest BCUT2D eigenvalue weighted by Gasteiger charge is -2.36. The van der Waals surface area contributed by atoms with E-state index in [1.54, 1.807) is 18.2 Å². The molecule has 3 amide bonds. The molecule has 49 heavy (non-hydrogen) atoms. The first-order chi connectivity index (χ1) is 23.8. The molecule has 2 N–H and O–H groups in total. The predicted octanol–water partition coefficient (Wildman–Crippen LogP) is 5.98. The number of phenolic OH excluding ortho intramolecular Hbond substituents is 1. The van der Waals surface area contributed by atoms with E-state index in [9.17, 15) is 19.5 Å². The molecule has 0 spiro atoms. The Kier molecular flexibility index (Phi) is 9.01. The topological polar surface area (TPSA) is 93.2 Å². The third-order valence-electron chi connectivity index (χ3n) is 9.91. The Morgan fingerprint density at radius 1 is 0.857 bits per heavy atom. The molecule has 3 heterocycles. The molecule has 9 heteroatoms. The molecule has 1 unspecified atom stereocenters. The van der Waals surface area contributed by atoms with E-state index in [1.165, 1.54) is 22.1 Å². The van der Waals surface area contributed by atoms with Crippen LogP contribution >= 0.6 is 0 Å². The number of carbonyl (C=O) groups is 3. The molecule has 0 radical (unpaired) electrons. The van der Waals surface area contributed by atoms with Crippen molar-refractivity contribution >= 4 is 34.6 Å². The Morgan fingerprint density at radius 3 is 2.18 bits per heavy atom. The van der Waals surface area contributed by atoms with Gasteiger partial charge in [-0.2, -0.15) is 0 Å². The molecule has 4 aromatic rings. The molecule has 2 fully saturated rings. The van der Waals surface area contributed by atoms with Gasteiger partial charge >= 0.3 is 0 Å². The zero-order valence-corrected chi connectivity index (χ0v) is 27.5. The van der Waals surface area contributed by atoms with Crippen LogP contribution < -0.4 is 10.2 Å². The van der Waals surface area contributed by atoms with Gasteiger partial charge < -0.3 is 14.9 Å². The quantitative estimate of drug-likeness (QED) is 0.179. The number of phenols is 1. The number of aromatic hydroxyl groups is 1. The fraction of sp³-hybridized carbons (Fsp3) is 0.275. The minimum absolute atomic E-state index is 0.179. The maximum Gasteiger partial charge on any atom is 0.255 e. The number of piperidine rings is 1. The van der Waals surface area contributed by atoms with E-state index >= 15 is 4.39 Å². The molecule has 0 aliphatic carbocycles. The number of allylic oxidation sites excluding steroid dienone is 1. The van der Waals surface area contributed by atoms with Crippen molar-refractivity contribution in [3.63, 3.8) is 0 Å². The van der Waals surface area contributed by atoms with Crippen LogP contribution in [-0.4, -0.2) is 64.8 Å². The zero-order valence-electron chi connectivity index (χ0n) is 27.5. The maximum absolute atomic E-state index is 15.3. The van der Waals surface area contributed by atoms with Crippen molar-refractivity contribution in [1.29, 1.82) is 0 Å². The number of carbonyl (C=O) groups excluding carboxylic acids is 3. The number of halogens is 1. The van der Waals surface area contributed by atoms with Gasteiger partial charge in [-0.25, -0.2) is 4.39 Å². The molecule has 0 aromatic heterocycles. The van der Waals surface area contributed by atoms with Crippen molar-refractivity contribution in [2.75, 3.05) is 31.1 Å². The van der Waals surface area contributed by atoms with E-state index in [1.807, 2.05) is 18.2 Å². The highest BCUT2D eigenvalue weighted by molar-refractivity contribution is 6.05. The summed E-state index contributed by atoms with van der Waals surface area (Å²) in [5, 5.41) is 12.3. The third-order valence-corrected chi connectivity index (χ3v) is 9.91. The van der Waals surface area contributed by atoms with Crippen LogP contribution in [0.4, 0.5) is 10.1 Å². The molecule has 4 aromatic carbocycles. The molecule has 0 bridgehead atoms. The van der Waals surface area contributed by atoms with Gasteiger partial charge in [-0.1, -0.05) is 61.5 Å². The Bertz CT molecular complexity index is 1920. The first-order valence-corrected chi connectivity index (χ1v) is 16.9. The van der Waals surface area contributed by atoms with Crippen LogP contribution in [0.1, 0.15) is 64.4 Å². The summed E-state index contributed by atoms with van der Waals surface area (Å²) in [6, 6.07) is 28.8. The monoisotopic (exact) mass is 658 g/mol. The van der Waals surface area contributed by atoms with Gasteiger partial charge in [0.05, 0.1) is 0 Å².